The van der Waals surface area contributed by atoms with Crippen LogP contribution in [0.3, 0.4) is 0 Å². The largest absolute Gasteiger partial charge is 0.707 e. The average Bonchev–Trinajstić information content (AvgIpc) is 2.31. The molecule has 0 aliphatic rings. The maximum Gasteiger partial charge on any atom is 0.707 e. The molecule has 0 unspecified atom stereocenters. The van der Waals surface area contributed by atoms with E-state index >= 15 is 0 Å². The van der Waals surface area contributed by atoms with Crippen molar-refractivity contribution in [3.8, 4) is 5.75 Å². The lowest BCUT2D eigenvalue weighted by atomic mass is 10.2. The summed E-state index contributed by atoms with van der Waals surface area (Å²) in [6, 6.07) is 0. The summed E-state index contributed by atoms with van der Waals surface area (Å²) in [4.78, 5) is 0. The second-order valence-corrected chi connectivity index (χ2v) is 2.84. The van der Waals surface area contributed by atoms with Crippen LogP contribution >= 0.6 is 11.3 Å². The minimum absolute atomic E-state index is 0.576. The summed E-state index contributed by atoms with van der Waals surface area (Å²) in [5, 5.41) is 18.4. The first-order valence-corrected chi connectivity index (χ1v) is 4.01. The van der Waals surface area contributed by atoms with Gasteiger partial charge in [-0.2, -0.15) is 13.2 Å². The predicted molar refractivity (Wildman–Crippen MR) is 40.1 cm³/mol. The Morgan fingerprint density at radius 2 is 1.92 bits per heavy atom. The van der Waals surface area contributed by atoms with Crippen LogP contribution in [0.15, 0.2) is 10.8 Å². The first kappa shape index (κ1) is 10.4. The second kappa shape index (κ2) is 3.56. The summed E-state index contributed by atoms with van der Waals surface area (Å²) in [7, 11) is -2.24. The first-order chi connectivity index (χ1) is 5.91. The Kier molecular flexibility index (Phi) is 2.84. The van der Waals surface area contributed by atoms with Crippen LogP contribution in [-0.2, 0) is 6.18 Å². The van der Waals surface area contributed by atoms with E-state index in [9.17, 15) is 13.2 Å². The molecule has 0 atom stereocenters. The van der Waals surface area contributed by atoms with Crippen molar-refractivity contribution in [1.29, 1.82) is 0 Å². The lowest BCUT2D eigenvalue weighted by Gasteiger charge is -2.08. The third-order valence-corrected chi connectivity index (χ3v) is 1.89. The van der Waals surface area contributed by atoms with E-state index in [0.717, 1.165) is 22.1 Å². The van der Waals surface area contributed by atoms with Crippen molar-refractivity contribution in [2.24, 2.45) is 0 Å². The Balaban J connectivity index is 2.90. The number of rotatable bonds is 2. The Bertz CT molecular complexity index is 285. The molecule has 2 N–H and O–H groups in total. The van der Waals surface area contributed by atoms with E-state index in [-0.39, 0.29) is 0 Å². The van der Waals surface area contributed by atoms with E-state index in [2.05, 4.69) is 4.65 Å². The summed E-state index contributed by atoms with van der Waals surface area (Å²) >= 11 is 0.768. The van der Waals surface area contributed by atoms with Crippen LogP contribution in [-0.4, -0.2) is 17.4 Å². The molecule has 0 saturated carbocycles. The van der Waals surface area contributed by atoms with Crippen LogP contribution in [0.4, 0.5) is 13.2 Å². The minimum atomic E-state index is -4.54. The summed E-state index contributed by atoms with van der Waals surface area (Å²) in [5.74, 6) is -0.576. The van der Waals surface area contributed by atoms with Gasteiger partial charge in [0.2, 0.25) is 0 Å². The zero-order valence-corrected chi connectivity index (χ0v) is 6.89. The van der Waals surface area contributed by atoms with Crippen LogP contribution in [0.2, 0.25) is 0 Å². The van der Waals surface area contributed by atoms with Gasteiger partial charge in [0.15, 0.2) is 0 Å². The van der Waals surface area contributed by atoms with Crippen molar-refractivity contribution < 1.29 is 27.9 Å². The SMILES string of the molecule is OB(O)Oc1cscc1C(F)(F)F. The fraction of sp³-hybridized carbons (Fsp3) is 0.200. The summed E-state index contributed by atoms with van der Waals surface area (Å²) in [5.41, 5.74) is -1.01. The molecule has 0 aromatic carbocycles. The van der Waals surface area contributed by atoms with Gasteiger partial charge in [0, 0.05) is 10.8 Å². The average molecular weight is 212 g/mol. The van der Waals surface area contributed by atoms with E-state index in [1.54, 1.807) is 0 Å². The van der Waals surface area contributed by atoms with E-state index in [1.165, 1.54) is 0 Å². The quantitative estimate of drug-likeness (QED) is 0.722. The van der Waals surface area contributed by atoms with Crippen molar-refractivity contribution >= 4 is 18.7 Å². The highest BCUT2D eigenvalue weighted by molar-refractivity contribution is 7.08. The van der Waals surface area contributed by atoms with Gasteiger partial charge in [0.25, 0.3) is 0 Å². The summed E-state index contributed by atoms with van der Waals surface area (Å²) in [6.45, 7) is 0. The maximum absolute atomic E-state index is 12.1. The lowest BCUT2D eigenvalue weighted by Crippen LogP contribution is -2.21. The molecular formula is C5H4BF3O3S. The van der Waals surface area contributed by atoms with E-state index in [4.69, 9.17) is 10.0 Å². The number of hydrogen-bond donors (Lipinski definition) is 2. The molecule has 8 heteroatoms. The number of halogens is 3. The molecule has 0 amide bonds. The predicted octanol–water partition coefficient (Wildman–Crippen LogP) is 1.12. The Hall–Kier alpha value is -0.725. The van der Waals surface area contributed by atoms with Crippen LogP contribution in [0, 0.1) is 0 Å². The van der Waals surface area contributed by atoms with Gasteiger partial charge in [0.05, 0.1) is 0 Å². The van der Waals surface area contributed by atoms with Gasteiger partial charge in [-0.1, -0.05) is 0 Å². The zero-order chi connectivity index (χ0) is 10.1. The molecule has 72 valence electrons. The third kappa shape index (κ3) is 2.61. The molecule has 0 aliphatic heterocycles. The molecule has 0 saturated heterocycles. The van der Waals surface area contributed by atoms with Gasteiger partial charge in [-0.05, 0) is 0 Å². The van der Waals surface area contributed by atoms with Gasteiger partial charge < -0.3 is 14.7 Å². The van der Waals surface area contributed by atoms with Gasteiger partial charge in [-0.25, -0.2) is 0 Å². The fourth-order valence-corrected chi connectivity index (χ4v) is 1.46. The van der Waals surface area contributed by atoms with Crippen molar-refractivity contribution in [2.45, 2.75) is 6.18 Å². The second-order valence-electron chi connectivity index (χ2n) is 2.09. The molecule has 1 rings (SSSR count). The molecular weight excluding hydrogens is 208 g/mol. The molecule has 13 heavy (non-hydrogen) atoms. The van der Waals surface area contributed by atoms with E-state index < -0.39 is 24.8 Å². The normalized spacial score (nSPS) is 11.5. The van der Waals surface area contributed by atoms with Crippen molar-refractivity contribution in [2.75, 3.05) is 0 Å². The van der Waals surface area contributed by atoms with Gasteiger partial charge >= 0.3 is 13.5 Å². The van der Waals surface area contributed by atoms with E-state index in [0.29, 0.717) is 0 Å². The highest BCUT2D eigenvalue weighted by Crippen LogP contribution is 2.38. The Morgan fingerprint density at radius 3 is 2.38 bits per heavy atom. The number of hydrogen-bond acceptors (Lipinski definition) is 4. The smallest absolute Gasteiger partial charge is 0.511 e. The van der Waals surface area contributed by atoms with Gasteiger partial charge in [-0.3, -0.25) is 0 Å². The lowest BCUT2D eigenvalue weighted by molar-refractivity contribution is -0.138. The monoisotopic (exact) mass is 212 g/mol. The maximum atomic E-state index is 12.1. The fourth-order valence-electron chi connectivity index (χ4n) is 0.697. The third-order valence-electron chi connectivity index (χ3n) is 1.16. The Labute approximate surface area is 75.6 Å². The first-order valence-electron chi connectivity index (χ1n) is 3.07. The van der Waals surface area contributed by atoms with Crippen LogP contribution < -0.4 is 4.65 Å². The molecule has 0 fully saturated rings. The van der Waals surface area contributed by atoms with E-state index in [1.807, 2.05) is 0 Å². The topological polar surface area (TPSA) is 49.7 Å². The molecule has 1 aromatic rings. The number of alkyl halides is 3. The molecule has 1 aromatic heterocycles. The summed E-state index contributed by atoms with van der Waals surface area (Å²) < 4.78 is 40.4. The van der Waals surface area contributed by atoms with Crippen LogP contribution in [0.5, 0.6) is 5.75 Å². The van der Waals surface area contributed by atoms with Crippen molar-refractivity contribution in [3.05, 3.63) is 16.3 Å². The molecule has 0 bridgehead atoms. The zero-order valence-electron chi connectivity index (χ0n) is 6.08. The summed E-state index contributed by atoms with van der Waals surface area (Å²) in [6.07, 6.45) is -4.54. The molecule has 0 aliphatic carbocycles. The van der Waals surface area contributed by atoms with Crippen LogP contribution in [0.25, 0.3) is 0 Å². The van der Waals surface area contributed by atoms with Gasteiger partial charge in [0.1, 0.15) is 11.3 Å². The number of thiophene rings is 1. The highest BCUT2D eigenvalue weighted by atomic mass is 32.1. The molecule has 1 heterocycles. The molecule has 0 radical (unpaired) electrons. The molecule has 3 nitrogen and oxygen atoms in total. The van der Waals surface area contributed by atoms with Crippen molar-refractivity contribution in [1.82, 2.24) is 0 Å². The Morgan fingerprint density at radius 1 is 1.31 bits per heavy atom. The molecule has 0 spiro atoms. The highest BCUT2D eigenvalue weighted by Gasteiger charge is 2.35. The van der Waals surface area contributed by atoms with Gasteiger partial charge in [-0.15, -0.1) is 11.3 Å². The standard InChI is InChI=1S/C5H4BF3O3S/c7-5(8,9)3-1-13-2-4(3)12-6(10)11/h1-2,10-11H. The minimum Gasteiger partial charge on any atom is -0.511 e. The van der Waals surface area contributed by atoms with Crippen molar-refractivity contribution in [3.63, 3.8) is 0 Å². The van der Waals surface area contributed by atoms with Crippen LogP contribution in [0.1, 0.15) is 5.56 Å².